The first-order valence-corrected chi connectivity index (χ1v) is 8.89. The summed E-state index contributed by atoms with van der Waals surface area (Å²) in [6, 6.07) is 1.99. The standard InChI is InChI=1S/C18H23N7O/c1-22(18(26)15-11-21-23(2)13-15)12-14-4-8-24(9-5-14)17-16-3-6-20-25(16)10-7-19-17/h3,6-7,10-11,13-14H,4-5,8-9,12H2,1-2H3. The molecular weight excluding hydrogens is 330 g/mol. The molecular formula is C18H23N7O. The Hall–Kier alpha value is -2.90. The van der Waals surface area contributed by atoms with Gasteiger partial charge in [0.25, 0.3) is 5.91 Å². The van der Waals surface area contributed by atoms with Gasteiger partial charge in [0.15, 0.2) is 5.82 Å². The second kappa shape index (κ2) is 6.78. The Labute approximate surface area is 152 Å². The molecule has 0 spiro atoms. The van der Waals surface area contributed by atoms with Crippen molar-refractivity contribution in [2.75, 3.05) is 31.6 Å². The van der Waals surface area contributed by atoms with Gasteiger partial charge in [-0.25, -0.2) is 9.50 Å². The molecule has 0 saturated carbocycles. The summed E-state index contributed by atoms with van der Waals surface area (Å²) in [5.41, 5.74) is 1.68. The quantitative estimate of drug-likeness (QED) is 0.710. The number of aromatic nitrogens is 5. The SMILES string of the molecule is CN(CC1CCN(c2nccn3nccc23)CC1)C(=O)c1cnn(C)c1. The van der Waals surface area contributed by atoms with Crippen LogP contribution < -0.4 is 4.90 Å². The van der Waals surface area contributed by atoms with Crippen molar-refractivity contribution in [1.29, 1.82) is 0 Å². The van der Waals surface area contributed by atoms with Crippen LogP contribution in [0.5, 0.6) is 0 Å². The fourth-order valence-electron chi connectivity index (χ4n) is 3.64. The molecule has 1 saturated heterocycles. The highest BCUT2D eigenvalue weighted by molar-refractivity contribution is 5.93. The third kappa shape index (κ3) is 3.14. The van der Waals surface area contributed by atoms with Gasteiger partial charge in [-0.05, 0) is 24.8 Å². The summed E-state index contributed by atoms with van der Waals surface area (Å²) >= 11 is 0. The maximum atomic E-state index is 12.5. The van der Waals surface area contributed by atoms with Crippen LogP contribution in [0.15, 0.2) is 37.1 Å². The summed E-state index contributed by atoms with van der Waals surface area (Å²) in [5, 5.41) is 8.36. The minimum absolute atomic E-state index is 0.0335. The van der Waals surface area contributed by atoms with Gasteiger partial charge in [-0.2, -0.15) is 10.2 Å². The maximum Gasteiger partial charge on any atom is 0.256 e. The molecule has 0 aromatic carbocycles. The molecule has 8 heteroatoms. The summed E-state index contributed by atoms with van der Waals surface area (Å²) in [6.45, 7) is 2.65. The van der Waals surface area contributed by atoms with Gasteiger partial charge in [0.05, 0.1) is 18.0 Å². The highest BCUT2D eigenvalue weighted by atomic mass is 16.2. The lowest BCUT2D eigenvalue weighted by molar-refractivity contribution is 0.0765. The number of anilines is 1. The van der Waals surface area contributed by atoms with Crippen LogP contribution in [-0.4, -0.2) is 61.9 Å². The van der Waals surface area contributed by atoms with E-state index in [0.29, 0.717) is 11.5 Å². The summed E-state index contributed by atoms with van der Waals surface area (Å²) in [5.74, 6) is 1.52. The first kappa shape index (κ1) is 16.6. The van der Waals surface area contributed by atoms with Gasteiger partial charge < -0.3 is 9.80 Å². The topological polar surface area (TPSA) is 71.6 Å². The zero-order valence-electron chi connectivity index (χ0n) is 15.1. The van der Waals surface area contributed by atoms with Gasteiger partial charge in [0.2, 0.25) is 0 Å². The summed E-state index contributed by atoms with van der Waals surface area (Å²) < 4.78 is 3.51. The van der Waals surface area contributed by atoms with Crippen LogP contribution in [0.1, 0.15) is 23.2 Å². The number of aryl methyl sites for hydroxylation is 1. The minimum Gasteiger partial charge on any atom is -0.355 e. The molecule has 4 heterocycles. The Balaban J connectivity index is 1.36. The van der Waals surface area contributed by atoms with Crippen LogP contribution in [0.4, 0.5) is 5.82 Å². The molecule has 0 aliphatic carbocycles. The molecule has 1 amide bonds. The largest absolute Gasteiger partial charge is 0.355 e. The number of piperidine rings is 1. The van der Waals surface area contributed by atoms with Crippen LogP contribution in [0.2, 0.25) is 0 Å². The van der Waals surface area contributed by atoms with Crippen LogP contribution in [0.25, 0.3) is 5.52 Å². The number of carbonyl (C=O) groups is 1. The van der Waals surface area contributed by atoms with Crippen molar-refractivity contribution < 1.29 is 4.79 Å². The van der Waals surface area contributed by atoms with Gasteiger partial charge in [-0.3, -0.25) is 9.48 Å². The molecule has 0 unspecified atom stereocenters. The minimum atomic E-state index is 0.0335. The van der Waals surface area contributed by atoms with E-state index in [4.69, 9.17) is 0 Å². The van der Waals surface area contributed by atoms with E-state index in [1.165, 1.54) is 0 Å². The summed E-state index contributed by atoms with van der Waals surface area (Å²) in [7, 11) is 3.69. The molecule has 3 aromatic heterocycles. The van der Waals surface area contributed by atoms with Crippen molar-refractivity contribution in [3.05, 3.63) is 42.6 Å². The molecule has 136 valence electrons. The van der Waals surface area contributed by atoms with E-state index in [-0.39, 0.29) is 5.91 Å². The summed E-state index contributed by atoms with van der Waals surface area (Å²) in [6.07, 6.45) is 10.9. The van der Waals surface area contributed by atoms with Crippen molar-refractivity contribution in [1.82, 2.24) is 29.3 Å². The second-order valence-electron chi connectivity index (χ2n) is 6.93. The van der Waals surface area contributed by atoms with E-state index < -0.39 is 0 Å². The number of rotatable bonds is 4. The van der Waals surface area contributed by atoms with Crippen LogP contribution >= 0.6 is 0 Å². The Bertz CT molecular complexity index is 907. The molecule has 0 radical (unpaired) electrons. The van der Waals surface area contributed by atoms with E-state index in [2.05, 4.69) is 20.1 Å². The monoisotopic (exact) mass is 353 g/mol. The Morgan fingerprint density at radius 3 is 2.81 bits per heavy atom. The average Bonchev–Trinajstić information content (AvgIpc) is 3.30. The third-order valence-electron chi connectivity index (χ3n) is 5.05. The predicted molar refractivity (Wildman–Crippen MR) is 98.1 cm³/mol. The van der Waals surface area contributed by atoms with Crippen LogP contribution in [-0.2, 0) is 7.05 Å². The summed E-state index contributed by atoms with van der Waals surface area (Å²) in [4.78, 5) is 21.2. The average molecular weight is 353 g/mol. The fraction of sp³-hybridized carbons (Fsp3) is 0.444. The second-order valence-corrected chi connectivity index (χ2v) is 6.93. The number of hydrogen-bond donors (Lipinski definition) is 0. The highest BCUT2D eigenvalue weighted by Gasteiger charge is 2.24. The molecule has 1 fully saturated rings. The molecule has 1 aliphatic heterocycles. The van der Waals surface area contributed by atoms with Gasteiger partial charge in [-0.15, -0.1) is 0 Å². The zero-order valence-corrected chi connectivity index (χ0v) is 15.1. The van der Waals surface area contributed by atoms with Gasteiger partial charge >= 0.3 is 0 Å². The van der Waals surface area contributed by atoms with E-state index in [1.54, 1.807) is 29.5 Å². The third-order valence-corrected chi connectivity index (χ3v) is 5.05. The Morgan fingerprint density at radius 1 is 1.27 bits per heavy atom. The first-order valence-electron chi connectivity index (χ1n) is 8.89. The van der Waals surface area contributed by atoms with Crippen LogP contribution in [0.3, 0.4) is 0 Å². The van der Waals surface area contributed by atoms with E-state index >= 15 is 0 Å². The lowest BCUT2D eigenvalue weighted by Crippen LogP contribution is -2.39. The Kier molecular flexibility index (Phi) is 4.32. The number of fused-ring (bicyclic) bond motifs is 1. The van der Waals surface area contributed by atoms with E-state index in [1.807, 2.05) is 35.8 Å². The molecule has 3 aromatic rings. The number of carbonyl (C=O) groups excluding carboxylic acids is 1. The number of nitrogens with zero attached hydrogens (tertiary/aromatic N) is 7. The maximum absolute atomic E-state index is 12.5. The van der Waals surface area contributed by atoms with Crippen molar-refractivity contribution in [2.45, 2.75) is 12.8 Å². The fourth-order valence-corrected chi connectivity index (χ4v) is 3.64. The van der Waals surface area contributed by atoms with Crippen LogP contribution in [0, 0.1) is 5.92 Å². The van der Waals surface area contributed by atoms with Gasteiger partial charge in [0, 0.05) is 52.3 Å². The number of hydrogen-bond acceptors (Lipinski definition) is 5. The zero-order chi connectivity index (χ0) is 18.1. The normalized spacial score (nSPS) is 15.5. The smallest absolute Gasteiger partial charge is 0.256 e. The Morgan fingerprint density at radius 2 is 2.08 bits per heavy atom. The lowest BCUT2D eigenvalue weighted by atomic mass is 9.96. The van der Waals surface area contributed by atoms with Crippen molar-refractivity contribution >= 4 is 17.2 Å². The van der Waals surface area contributed by atoms with E-state index in [9.17, 15) is 4.79 Å². The molecule has 0 atom stereocenters. The molecule has 26 heavy (non-hydrogen) atoms. The van der Waals surface area contributed by atoms with Crippen molar-refractivity contribution in [2.24, 2.45) is 13.0 Å². The molecule has 4 rings (SSSR count). The molecule has 1 aliphatic rings. The van der Waals surface area contributed by atoms with Crippen molar-refractivity contribution in [3.8, 4) is 0 Å². The number of amides is 1. The van der Waals surface area contributed by atoms with Crippen molar-refractivity contribution in [3.63, 3.8) is 0 Å². The first-order chi connectivity index (χ1) is 12.6. The van der Waals surface area contributed by atoms with Gasteiger partial charge in [0.1, 0.15) is 5.52 Å². The molecule has 0 bridgehead atoms. The van der Waals surface area contributed by atoms with Gasteiger partial charge in [-0.1, -0.05) is 0 Å². The van der Waals surface area contributed by atoms with E-state index in [0.717, 1.165) is 43.8 Å². The molecule has 0 N–H and O–H groups in total. The highest BCUT2D eigenvalue weighted by Crippen LogP contribution is 2.25. The molecule has 8 nitrogen and oxygen atoms in total. The lowest BCUT2D eigenvalue weighted by Gasteiger charge is -2.34. The predicted octanol–water partition coefficient (Wildman–Crippen LogP) is 1.45.